The summed E-state index contributed by atoms with van der Waals surface area (Å²) in [6.07, 6.45) is 4.07. The maximum absolute atomic E-state index is 6.25. The summed E-state index contributed by atoms with van der Waals surface area (Å²) in [5.41, 5.74) is 2.35. The molecule has 0 N–H and O–H groups in total. The second kappa shape index (κ2) is 6.87. The van der Waals surface area contributed by atoms with Gasteiger partial charge >= 0.3 is 0 Å². The summed E-state index contributed by atoms with van der Waals surface area (Å²) in [5, 5.41) is 0. The molecule has 0 bridgehead atoms. The van der Waals surface area contributed by atoms with E-state index < -0.39 is 8.32 Å². The van der Waals surface area contributed by atoms with E-state index in [1.807, 2.05) is 6.08 Å². The Balaban J connectivity index is 4.45. The molecule has 0 unspecified atom stereocenters. The minimum Gasteiger partial charge on any atom is -0.414 e. The molecule has 92 valence electrons. The highest BCUT2D eigenvalue weighted by molar-refractivity contribution is 6.71. The van der Waals surface area contributed by atoms with Crippen molar-refractivity contribution >= 4 is 8.32 Å². The fourth-order valence-corrected chi connectivity index (χ4v) is 3.64. The quantitative estimate of drug-likeness (QED) is 0.440. The third kappa shape index (κ3) is 7.66. The van der Waals surface area contributed by atoms with Crippen molar-refractivity contribution < 1.29 is 4.43 Å². The summed E-state index contributed by atoms with van der Waals surface area (Å²) in [7, 11) is -1.60. The van der Waals surface area contributed by atoms with Crippen molar-refractivity contribution in [3.8, 4) is 0 Å². The van der Waals surface area contributed by atoms with Gasteiger partial charge in [0.1, 0.15) is 0 Å². The molecule has 0 aliphatic rings. The van der Waals surface area contributed by atoms with Gasteiger partial charge in [-0.15, -0.1) is 19.7 Å². The van der Waals surface area contributed by atoms with Crippen LogP contribution in [0.1, 0.15) is 26.7 Å². The molecule has 0 saturated heterocycles. The van der Waals surface area contributed by atoms with Gasteiger partial charge in [-0.1, -0.05) is 17.2 Å². The Morgan fingerprint density at radius 1 is 1.19 bits per heavy atom. The summed E-state index contributed by atoms with van der Waals surface area (Å²) < 4.78 is 6.25. The van der Waals surface area contributed by atoms with Gasteiger partial charge in [-0.2, -0.15) is 0 Å². The molecular weight excluding hydrogens is 212 g/mol. The van der Waals surface area contributed by atoms with Gasteiger partial charge in [-0.3, -0.25) is 0 Å². The predicted octanol–water partition coefficient (Wildman–Crippen LogP) is 4.70. The average molecular weight is 238 g/mol. The zero-order chi connectivity index (χ0) is 12.8. The summed E-state index contributed by atoms with van der Waals surface area (Å²) in [6.45, 7) is 20.3. The van der Waals surface area contributed by atoms with Gasteiger partial charge in [0.15, 0.2) is 8.32 Å². The van der Waals surface area contributed by atoms with Gasteiger partial charge in [0.25, 0.3) is 0 Å². The number of allylic oxidation sites excluding steroid dienone is 1. The Morgan fingerprint density at radius 2 is 1.62 bits per heavy atom. The van der Waals surface area contributed by atoms with Crippen molar-refractivity contribution in [3.63, 3.8) is 0 Å². The molecule has 0 rings (SSSR count). The maximum atomic E-state index is 6.25. The molecule has 0 aliphatic heterocycles. The molecule has 0 spiro atoms. The van der Waals surface area contributed by atoms with Crippen LogP contribution >= 0.6 is 0 Å². The first-order chi connectivity index (χ1) is 7.26. The average Bonchev–Trinajstić information content (AvgIpc) is 1.98. The Hall–Kier alpha value is -0.603. The zero-order valence-electron chi connectivity index (χ0n) is 11.3. The van der Waals surface area contributed by atoms with Crippen molar-refractivity contribution in [1.82, 2.24) is 0 Å². The molecule has 0 aliphatic carbocycles. The maximum Gasteiger partial charge on any atom is 0.190 e. The largest absolute Gasteiger partial charge is 0.414 e. The van der Waals surface area contributed by atoms with Gasteiger partial charge in [-0.05, 0) is 45.8 Å². The van der Waals surface area contributed by atoms with E-state index >= 15 is 0 Å². The minimum atomic E-state index is -1.60. The van der Waals surface area contributed by atoms with E-state index in [0.717, 1.165) is 18.9 Å². The first-order valence-corrected chi connectivity index (χ1v) is 8.96. The van der Waals surface area contributed by atoms with E-state index in [4.69, 9.17) is 4.43 Å². The lowest BCUT2D eigenvalue weighted by Gasteiger charge is -2.29. The normalized spacial score (nSPS) is 11.6. The molecule has 0 saturated carbocycles. The Morgan fingerprint density at radius 3 is 1.94 bits per heavy atom. The van der Waals surface area contributed by atoms with Gasteiger partial charge in [0.05, 0.1) is 6.10 Å². The van der Waals surface area contributed by atoms with Crippen molar-refractivity contribution in [2.75, 3.05) is 0 Å². The first kappa shape index (κ1) is 15.4. The van der Waals surface area contributed by atoms with Crippen molar-refractivity contribution in [2.24, 2.45) is 0 Å². The van der Waals surface area contributed by atoms with Crippen LogP contribution in [0.2, 0.25) is 19.1 Å². The smallest absolute Gasteiger partial charge is 0.190 e. The lowest BCUT2D eigenvalue weighted by atomic mass is 10.1. The van der Waals surface area contributed by atoms with Crippen LogP contribution in [0.3, 0.4) is 0 Å². The molecule has 0 aromatic heterocycles. The molecule has 0 aromatic carbocycles. The van der Waals surface area contributed by atoms with Crippen molar-refractivity contribution in [3.05, 3.63) is 37.0 Å². The van der Waals surface area contributed by atoms with E-state index in [-0.39, 0.29) is 6.10 Å². The van der Waals surface area contributed by atoms with Crippen LogP contribution in [0.5, 0.6) is 0 Å². The van der Waals surface area contributed by atoms with E-state index in [1.54, 1.807) is 0 Å². The molecule has 2 heteroatoms. The number of hydrogen-bond acceptors (Lipinski definition) is 1. The molecule has 16 heavy (non-hydrogen) atoms. The third-order valence-corrected chi connectivity index (χ3v) is 4.52. The Kier molecular flexibility index (Phi) is 6.61. The van der Waals surface area contributed by atoms with Gasteiger partial charge in [0, 0.05) is 0 Å². The molecule has 0 atom stereocenters. The van der Waals surface area contributed by atoms with E-state index in [1.165, 1.54) is 11.1 Å². The standard InChI is InChI=1S/C14H26OSi/c1-8-9-16(6,7)15-14(10-12(2)3)11-13(4)5/h8,14H,1-2,4,9-11H2,3,5-7H3. The van der Waals surface area contributed by atoms with Crippen LogP contribution < -0.4 is 0 Å². The lowest BCUT2D eigenvalue weighted by Crippen LogP contribution is -2.35. The molecule has 0 radical (unpaired) electrons. The molecule has 0 fully saturated rings. The van der Waals surface area contributed by atoms with Crippen molar-refractivity contribution in [1.29, 1.82) is 0 Å². The summed E-state index contributed by atoms with van der Waals surface area (Å²) in [4.78, 5) is 0. The van der Waals surface area contributed by atoms with Crippen LogP contribution in [0, 0.1) is 0 Å². The fourth-order valence-electron chi connectivity index (χ4n) is 1.78. The Bertz CT molecular complexity index is 250. The van der Waals surface area contributed by atoms with Crippen LogP contribution in [0.15, 0.2) is 37.0 Å². The predicted molar refractivity (Wildman–Crippen MR) is 76.2 cm³/mol. The highest BCUT2D eigenvalue weighted by Crippen LogP contribution is 2.21. The number of rotatable bonds is 8. The highest BCUT2D eigenvalue weighted by Gasteiger charge is 2.25. The van der Waals surface area contributed by atoms with Gasteiger partial charge < -0.3 is 4.43 Å². The Labute approximate surface area is 102 Å². The molecule has 0 amide bonds. The molecular formula is C14H26OSi. The topological polar surface area (TPSA) is 9.23 Å². The lowest BCUT2D eigenvalue weighted by molar-refractivity contribution is 0.193. The molecule has 1 nitrogen and oxygen atoms in total. The van der Waals surface area contributed by atoms with Crippen LogP contribution in [-0.4, -0.2) is 14.4 Å². The minimum absolute atomic E-state index is 0.247. The van der Waals surface area contributed by atoms with E-state index in [2.05, 4.69) is 46.7 Å². The number of hydrogen-bond donors (Lipinski definition) is 0. The second-order valence-corrected chi connectivity index (χ2v) is 9.48. The monoisotopic (exact) mass is 238 g/mol. The van der Waals surface area contributed by atoms with Crippen LogP contribution in [-0.2, 0) is 4.43 Å². The highest BCUT2D eigenvalue weighted by atomic mass is 28.4. The van der Waals surface area contributed by atoms with Gasteiger partial charge in [-0.25, -0.2) is 0 Å². The summed E-state index contributed by atoms with van der Waals surface area (Å²) in [5.74, 6) is 0. The van der Waals surface area contributed by atoms with Crippen LogP contribution in [0.25, 0.3) is 0 Å². The molecule has 0 heterocycles. The summed E-state index contributed by atoms with van der Waals surface area (Å²) in [6, 6.07) is 0.996. The SMILES string of the molecule is C=CC[Si](C)(C)OC(CC(=C)C)CC(=C)C. The first-order valence-electron chi connectivity index (χ1n) is 5.84. The van der Waals surface area contributed by atoms with Crippen LogP contribution in [0.4, 0.5) is 0 Å². The zero-order valence-corrected chi connectivity index (χ0v) is 12.3. The van der Waals surface area contributed by atoms with E-state index in [9.17, 15) is 0 Å². The molecule has 0 aromatic rings. The third-order valence-electron chi connectivity index (χ3n) is 2.27. The van der Waals surface area contributed by atoms with E-state index in [0.29, 0.717) is 0 Å². The fraction of sp³-hybridized carbons (Fsp3) is 0.571. The van der Waals surface area contributed by atoms with Gasteiger partial charge in [0.2, 0.25) is 0 Å². The summed E-state index contributed by atoms with van der Waals surface area (Å²) >= 11 is 0. The van der Waals surface area contributed by atoms with Crippen molar-refractivity contribution in [2.45, 2.75) is 51.9 Å². The second-order valence-electron chi connectivity index (χ2n) is 5.31.